The summed E-state index contributed by atoms with van der Waals surface area (Å²) in [5.41, 5.74) is 6.94. The number of aryl methyl sites for hydroxylation is 1. The number of carbonyl (C=O) groups excluding carboxylic acids is 1. The van der Waals surface area contributed by atoms with Crippen molar-refractivity contribution in [3.63, 3.8) is 0 Å². The second-order valence-corrected chi connectivity index (χ2v) is 4.56. The van der Waals surface area contributed by atoms with Crippen LogP contribution in [0.2, 0.25) is 0 Å². The summed E-state index contributed by atoms with van der Waals surface area (Å²) in [6.07, 6.45) is 3.25. The van der Waals surface area contributed by atoms with E-state index in [1.165, 1.54) is 0 Å². The molecule has 1 aromatic carbocycles. The van der Waals surface area contributed by atoms with Gasteiger partial charge in [-0.1, -0.05) is 19.4 Å². The van der Waals surface area contributed by atoms with Gasteiger partial charge in [0.15, 0.2) is 0 Å². The maximum atomic E-state index is 11.8. The lowest BCUT2D eigenvalue weighted by Crippen LogP contribution is -2.27. The topological polar surface area (TPSA) is 66.6 Å². The van der Waals surface area contributed by atoms with Crippen LogP contribution in [0.3, 0.4) is 0 Å². The van der Waals surface area contributed by atoms with E-state index in [0.29, 0.717) is 18.5 Å². The minimum Gasteiger partial charge on any atom is -0.506 e. The third-order valence-corrected chi connectivity index (χ3v) is 2.99. The second-order valence-electron chi connectivity index (χ2n) is 4.56. The van der Waals surface area contributed by atoms with Crippen molar-refractivity contribution in [2.45, 2.75) is 32.6 Å². The van der Waals surface area contributed by atoms with Crippen LogP contribution in [0, 0.1) is 0 Å². The molecule has 1 amide bonds. The maximum absolute atomic E-state index is 11.8. The Bertz CT molecular complexity index is 405. The zero-order valence-electron chi connectivity index (χ0n) is 11.1. The van der Waals surface area contributed by atoms with Gasteiger partial charge < -0.3 is 15.7 Å². The SMILES string of the molecule is CCCCN(C)C(=O)CCc1ccc(O)c(N)c1. The lowest BCUT2D eigenvalue weighted by Gasteiger charge is -2.16. The van der Waals surface area contributed by atoms with Crippen molar-refractivity contribution in [2.24, 2.45) is 0 Å². The zero-order valence-corrected chi connectivity index (χ0v) is 11.1. The molecule has 0 saturated carbocycles. The van der Waals surface area contributed by atoms with Crippen molar-refractivity contribution in [1.29, 1.82) is 0 Å². The number of unbranched alkanes of at least 4 members (excludes halogenated alkanes) is 1. The van der Waals surface area contributed by atoms with E-state index in [-0.39, 0.29) is 11.7 Å². The van der Waals surface area contributed by atoms with Gasteiger partial charge in [0.1, 0.15) is 5.75 Å². The van der Waals surface area contributed by atoms with Crippen LogP contribution in [-0.4, -0.2) is 29.5 Å². The first-order valence-electron chi connectivity index (χ1n) is 6.36. The smallest absolute Gasteiger partial charge is 0.222 e. The first-order chi connectivity index (χ1) is 8.54. The number of nitrogen functional groups attached to an aromatic ring is 1. The van der Waals surface area contributed by atoms with Gasteiger partial charge in [0.2, 0.25) is 5.91 Å². The molecule has 0 aliphatic carbocycles. The molecule has 0 aliphatic rings. The molecule has 1 aromatic rings. The zero-order chi connectivity index (χ0) is 13.5. The van der Waals surface area contributed by atoms with Crippen LogP contribution in [0.15, 0.2) is 18.2 Å². The molecule has 1 rings (SSSR count). The second kappa shape index (κ2) is 6.89. The molecule has 0 aromatic heterocycles. The first-order valence-corrected chi connectivity index (χ1v) is 6.36. The highest BCUT2D eigenvalue weighted by Crippen LogP contribution is 2.21. The Morgan fingerprint density at radius 3 is 2.78 bits per heavy atom. The van der Waals surface area contributed by atoms with Crippen LogP contribution in [0.4, 0.5) is 5.69 Å². The molecule has 0 bridgehead atoms. The molecule has 0 spiro atoms. The van der Waals surface area contributed by atoms with Gasteiger partial charge in [0, 0.05) is 20.0 Å². The van der Waals surface area contributed by atoms with Gasteiger partial charge in [-0.15, -0.1) is 0 Å². The fourth-order valence-electron chi connectivity index (χ4n) is 1.72. The lowest BCUT2D eigenvalue weighted by atomic mass is 10.1. The van der Waals surface area contributed by atoms with Crippen LogP contribution in [-0.2, 0) is 11.2 Å². The number of carbonyl (C=O) groups is 1. The number of aromatic hydroxyl groups is 1. The fourth-order valence-corrected chi connectivity index (χ4v) is 1.72. The van der Waals surface area contributed by atoms with Crippen molar-refractivity contribution in [3.05, 3.63) is 23.8 Å². The molecule has 0 aliphatic heterocycles. The molecule has 0 heterocycles. The van der Waals surface area contributed by atoms with E-state index in [9.17, 15) is 9.90 Å². The van der Waals surface area contributed by atoms with Crippen LogP contribution in [0.25, 0.3) is 0 Å². The number of amides is 1. The predicted molar refractivity (Wildman–Crippen MR) is 73.4 cm³/mol. The predicted octanol–water partition coefficient (Wildman–Crippen LogP) is 2.17. The van der Waals surface area contributed by atoms with Gasteiger partial charge in [-0.3, -0.25) is 4.79 Å². The van der Waals surface area contributed by atoms with E-state index in [1.54, 1.807) is 23.1 Å². The standard InChI is InChI=1S/C14H22N2O2/c1-3-4-9-16(2)14(18)8-6-11-5-7-13(17)12(15)10-11/h5,7,10,17H,3-4,6,8-9,15H2,1-2H3. The Balaban J connectivity index is 2.44. The average Bonchev–Trinajstić information content (AvgIpc) is 2.36. The van der Waals surface area contributed by atoms with Crippen LogP contribution < -0.4 is 5.73 Å². The molecule has 100 valence electrons. The number of hydrogen-bond acceptors (Lipinski definition) is 3. The first kappa shape index (κ1) is 14.4. The molecule has 0 saturated heterocycles. The van der Waals surface area contributed by atoms with E-state index in [0.717, 1.165) is 24.9 Å². The number of nitrogens with two attached hydrogens (primary N) is 1. The van der Waals surface area contributed by atoms with Crippen molar-refractivity contribution in [3.8, 4) is 5.75 Å². The Morgan fingerprint density at radius 1 is 1.44 bits per heavy atom. The molecule has 18 heavy (non-hydrogen) atoms. The quantitative estimate of drug-likeness (QED) is 0.600. The molecular weight excluding hydrogens is 228 g/mol. The van der Waals surface area contributed by atoms with E-state index in [1.807, 2.05) is 7.05 Å². The van der Waals surface area contributed by atoms with Gasteiger partial charge in [-0.05, 0) is 30.5 Å². The van der Waals surface area contributed by atoms with Gasteiger partial charge in [-0.25, -0.2) is 0 Å². The number of rotatable bonds is 6. The molecule has 0 radical (unpaired) electrons. The third-order valence-electron chi connectivity index (χ3n) is 2.99. The number of nitrogens with zero attached hydrogens (tertiary/aromatic N) is 1. The van der Waals surface area contributed by atoms with E-state index in [2.05, 4.69) is 6.92 Å². The number of benzene rings is 1. The molecule has 3 N–H and O–H groups in total. The van der Waals surface area contributed by atoms with Crippen LogP contribution >= 0.6 is 0 Å². The van der Waals surface area contributed by atoms with Gasteiger partial charge in [0.25, 0.3) is 0 Å². The summed E-state index contributed by atoms with van der Waals surface area (Å²) in [6.45, 7) is 2.92. The molecule has 4 heteroatoms. The number of anilines is 1. The van der Waals surface area contributed by atoms with Gasteiger partial charge >= 0.3 is 0 Å². The summed E-state index contributed by atoms with van der Waals surface area (Å²) in [7, 11) is 1.84. The summed E-state index contributed by atoms with van der Waals surface area (Å²) in [4.78, 5) is 13.6. The van der Waals surface area contributed by atoms with Gasteiger partial charge in [0.05, 0.1) is 5.69 Å². The van der Waals surface area contributed by atoms with Crippen molar-refractivity contribution < 1.29 is 9.90 Å². The summed E-state index contributed by atoms with van der Waals surface area (Å²) < 4.78 is 0. The number of phenolic OH excluding ortho intramolecular Hbond substituents is 1. The molecule has 0 atom stereocenters. The average molecular weight is 250 g/mol. The summed E-state index contributed by atoms with van der Waals surface area (Å²) in [5.74, 6) is 0.236. The summed E-state index contributed by atoms with van der Waals surface area (Å²) >= 11 is 0. The number of hydrogen-bond donors (Lipinski definition) is 2. The molecule has 0 unspecified atom stereocenters. The summed E-state index contributed by atoms with van der Waals surface area (Å²) in [5, 5.41) is 9.31. The van der Waals surface area contributed by atoms with E-state index in [4.69, 9.17) is 5.73 Å². The highest BCUT2D eigenvalue weighted by Gasteiger charge is 2.08. The maximum Gasteiger partial charge on any atom is 0.222 e. The minimum absolute atomic E-state index is 0.0881. The van der Waals surface area contributed by atoms with Crippen molar-refractivity contribution >= 4 is 11.6 Å². The monoisotopic (exact) mass is 250 g/mol. The Labute approximate surface area is 108 Å². The van der Waals surface area contributed by atoms with Gasteiger partial charge in [-0.2, -0.15) is 0 Å². The minimum atomic E-state index is 0.0881. The molecule has 0 fully saturated rings. The van der Waals surface area contributed by atoms with E-state index < -0.39 is 0 Å². The van der Waals surface area contributed by atoms with Crippen molar-refractivity contribution in [2.75, 3.05) is 19.3 Å². The Hall–Kier alpha value is -1.71. The van der Waals surface area contributed by atoms with Crippen LogP contribution in [0.1, 0.15) is 31.7 Å². The molecule has 4 nitrogen and oxygen atoms in total. The normalized spacial score (nSPS) is 10.3. The summed E-state index contributed by atoms with van der Waals surface area (Å²) in [6, 6.07) is 5.08. The highest BCUT2D eigenvalue weighted by atomic mass is 16.3. The third kappa shape index (κ3) is 4.28. The van der Waals surface area contributed by atoms with Crippen molar-refractivity contribution in [1.82, 2.24) is 4.90 Å². The Kier molecular flexibility index (Phi) is 5.49. The number of phenols is 1. The highest BCUT2D eigenvalue weighted by molar-refractivity contribution is 5.76. The largest absolute Gasteiger partial charge is 0.506 e. The Morgan fingerprint density at radius 2 is 2.17 bits per heavy atom. The fraction of sp³-hybridized carbons (Fsp3) is 0.500. The van der Waals surface area contributed by atoms with E-state index >= 15 is 0 Å². The van der Waals surface area contributed by atoms with Crippen LogP contribution in [0.5, 0.6) is 5.75 Å². The lowest BCUT2D eigenvalue weighted by molar-refractivity contribution is -0.129. The molecular formula is C14H22N2O2.